The van der Waals surface area contributed by atoms with Crippen LogP contribution in [0, 0.1) is 0 Å². The van der Waals surface area contributed by atoms with E-state index < -0.39 is 12.1 Å². The largest absolute Gasteiger partial charge is 0.466 e. The molecule has 1 amide bonds. The van der Waals surface area contributed by atoms with Gasteiger partial charge in [0.25, 0.3) is 0 Å². The summed E-state index contributed by atoms with van der Waals surface area (Å²) in [6.45, 7) is 5.00. The van der Waals surface area contributed by atoms with Gasteiger partial charge in [0.2, 0.25) is 5.91 Å². The summed E-state index contributed by atoms with van der Waals surface area (Å²) >= 11 is 0. The Bertz CT molecular complexity index is 1230. The Balaban J connectivity index is 3.26. The second kappa shape index (κ2) is 74.3. The Labute approximate surface area is 527 Å². The number of aliphatic hydroxyl groups is 2. The average molecular weight is 1190 g/mol. The number of unbranched alkanes of at least 4 members (excludes halogenated alkanes) is 64. The van der Waals surface area contributed by atoms with Crippen LogP contribution in [0.2, 0.25) is 0 Å². The Kier molecular flexibility index (Phi) is 73.3. The molecule has 0 aromatic carbocycles. The van der Waals surface area contributed by atoms with Gasteiger partial charge in [0, 0.05) is 12.8 Å². The van der Waals surface area contributed by atoms with Gasteiger partial charge in [-0.05, 0) is 25.7 Å². The van der Waals surface area contributed by atoms with E-state index in [1.807, 2.05) is 0 Å². The molecule has 0 aliphatic carbocycles. The highest BCUT2D eigenvalue weighted by Gasteiger charge is 2.20. The topological polar surface area (TPSA) is 95.9 Å². The van der Waals surface area contributed by atoms with Crippen LogP contribution in [0.3, 0.4) is 0 Å². The lowest BCUT2D eigenvalue weighted by atomic mass is 10.0. The number of hydrogen-bond acceptors (Lipinski definition) is 5. The number of aliphatic hydroxyl groups excluding tert-OH is 2. The van der Waals surface area contributed by atoms with Crippen molar-refractivity contribution in [2.24, 2.45) is 0 Å². The molecule has 2 unspecified atom stereocenters. The molecule has 0 radical (unpaired) electrons. The van der Waals surface area contributed by atoms with Gasteiger partial charge in [-0.3, -0.25) is 9.59 Å². The molecule has 3 N–H and O–H groups in total. The van der Waals surface area contributed by atoms with E-state index in [1.165, 1.54) is 392 Å². The van der Waals surface area contributed by atoms with Crippen molar-refractivity contribution in [1.29, 1.82) is 0 Å². The maximum atomic E-state index is 12.5. The van der Waals surface area contributed by atoms with Crippen molar-refractivity contribution in [3.05, 3.63) is 0 Å². The monoisotopic (exact) mass is 1190 g/mol. The number of carbonyl (C=O) groups excluding carboxylic acids is 2. The lowest BCUT2D eigenvalue weighted by Crippen LogP contribution is -2.45. The van der Waals surface area contributed by atoms with Crippen molar-refractivity contribution in [3.8, 4) is 0 Å². The van der Waals surface area contributed by atoms with Gasteiger partial charge in [-0.1, -0.05) is 425 Å². The molecule has 6 nitrogen and oxygen atoms in total. The van der Waals surface area contributed by atoms with Crippen LogP contribution in [-0.2, 0) is 14.3 Å². The first-order valence-electron chi connectivity index (χ1n) is 39.3. The molecule has 2 atom stereocenters. The van der Waals surface area contributed by atoms with Gasteiger partial charge >= 0.3 is 5.97 Å². The predicted molar refractivity (Wildman–Crippen MR) is 371 cm³/mol. The first kappa shape index (κ1) is 82.9. The maximum absolute atomic E-state index is 12.5. The second-order valence-corrected chi connectivity index (χ2v) is 27.4. The van der Waals surface area contributed by atoms with E-state index >= 15 is 0 Å². The van der Waals surface area contributed by atoms with Crippen LogP contribution < -0.4 is 5.32 Å². The third-order valence-electron chi connectivity index (χ3n) is 18.9. The van der Waals surface area contributed by atoms with E-state index in [0.717, 1.165) is 38.5 Å². The molecule has 0 saturated carbocycles. The fraction of sp³-hybridized carbons (Fsp3) is 0.974. The Hall–Kier alpha value is -1.14. The van der Waals surface area contributed by atoms with E-state index in [4.69, 9.17) is 4.74 Å². The zero-order valence-electron chi connectivity index (χ0n) is 57.7. The van der Waals surface area contributed by atoms with Crippen molar-refractivity contribution < 1.29 is 24.5 Å². The van der Waals surface area contributed by atoms with Crippen molar-refractivity contribution in [3.63, 3.8) is 0 Å². The molecular formula is C78H155NO5. The fourth-order valence-electron chi connectivity index (χ4n) is 12.9. The van der Waals surface area contributed by atoms with Crippen LogP contribution in [0.1, 0.15) is 463 Å². The smallest absolute Gasteiger partial charge is 0.305 e. The third kappa shape index (κ3) is 70.0. The molecule has 0 bridgehead atoms. The molecule has 0 aromatic rings. The highest BCUT2D eigenvalue weighted by Crippen LogP contribution is 2.21. The molecule has 0 aliphatic heterocycles. The summed E-state index contributed by atoms with van der Waals surface area (Å²) in [6.07, 6.45) is 92.1. The standard InChI is InChI=1S/C78H155NO5/c1-3-5-7-9-11-13-15-17-43-48-52-56-60-64-68-72-78(83)84-73-69-65-61-57-53-49-45-42-40-38-36-34-32-30-28-26-24-22-20-18-19-21-23-25-27-29-31-33-35-37-39-41-44-47-51-55-59-63-67-71-77(82)79-75(74-80)76(81)70-66-62-58-54-50-46-16-14-12-10-8-6-4-2/h75-76,80-81H,3-74H2,1-2H3,(H,79,82). The summed E-state index contributed by atoms with van der Waals surface area (Å²) in [4.78, 5) is 24.6. The lowest BCUT2D eigenvalue weighted by Gasteiger charge is -2.22. The first-order valence-corrected chi connectivity index (χ1v) is 39.3. The number of rotatable bonds is 75. The third-order valence-corrected chi connectivity index (χ3v) is 18.9. The van der Waals surface area contributed by atoms with Gasteiger partial charge in [0.1, 0.15) is 0 Å². The fourth-order valence-corrected chi connectivity index (χ4v) is 12.9. The van der Waals surface area contributed by atoms with Gasteiger partial charge in [0.05, 0.1) is 25.4 Å². The molecular weight excluding hydrogens is 1030 g/mol. The molecule has 0 saturated heterocycles. The zero-order chi connectivity index (χ0) is 60.6. The molecule has 6 heteroatoms. The van der Waals surface area contributed by atoms with Gasteiger partial charge < -0.3 is 20.3 Å². The number of nitrogens with one attached hydrogen (secondary N) is 1. The van der Waals surface area contributed by atoms with Crippen LogP contribution in [0.25, 0.3) is 0 Å². The Morgan fingerprint density at radius 3 is 0.726 bits per heavy atom. The van der Waals surface area contributed by atoms with Crippen molar-refractivity contribution >= 4 is 11.9 Å². The summed E-state index contributed by atoms with van der Waals surface area (Å²) in [7, 11) is 0. The highest BCUT2D eigenvalue weighted by atomic mass is 16.5. The quantitative estimate of drug-likeness (QED) is 0.0417. The Morgan fingerprint density at radius 2 is 0.488 bits per heavy atom. The highest BCUT2D eigenvalue weighted by molar-refractivity contribution is 5.76. The predicted octanol–water partition coefficient (Wildman–Crippen LogP) is 25.7. The van der Waals surface area contributed by atoms with Crippen molar-refractivity contribution in [2.75, 3.05) is 13.2 Å². The summed E-state index contributed by atoms with van der Waals surface area (Å²) in [6, 6.07) is -0.535. The molecule has 0 fully saturated rings. The van der Waals surface area contributed by atoms with Crippen molar-refractivity contribution in [1.82, 2.24) is 5.32 Å². The minimum Gasteiger partial charge on any atom is -0.466 e. The van der Waals surface area contributed by atoms with Gasteiger partial charge in [-0.2, -0.15) is 0 Å². The number of hydrogen-bond donors (Lipinski definition) is 3. The minimum atomic E-state index is -0.658. The lowest BCUT2D eigenvalue weighted by molar-refractivity contribution is -0.143. The van der Waals surface area contributed by atoms with E-state index in [9.17, 15) is 19.8 Å². The first-order chi connectivity index (χ1) is 41.5. The van der Waals surface area contributed by atoms with Gasteiger partial charge in [0.15, 0.2) is 0 Å². The molecule has 502 valence electrons. The van der Waals surface area contributed by atoms with E-state index in [0.29, 0.717) is 25.9 Å². The number of ether oxygens (including phenoxy) is 1. The molecule has 84 heavy (non-hydrogen) atoms. The molecule has 0 spiro atoms. The molecule has 0 heterocycles. The number of esters is 1. The minimum absolute atomic E-state index is 0.0256. The molecule has 0 aromatic heterocycles. The van der Waals surface area contributed by atoms with E-state index in [1.54, 1.807) is 0 Å². The molecule has 0 aliphatic rings. The van der Waals surface area contributed by atoms with Crippen LogP contribution in [0.5, 0.6) is 0 Å². The zero-order valence-corrected chi connectivity index (χ0v) is 57.7. The Morgan fingerprint density at radius 1 is 0.286 bits per heavy atom. The van der Waals surface area contributed by atoms with Crippen LogP contribution >= 0.6 is 0 Å². The van der Waals surface area contributed by atoms with Crippen LogP contribution in [-0.4, -0.2) is 47.4 Å². The van der Waals surface area contributed by atoms with Gasteiger partial charge in [-0.15, -0.1) is 0 Å². The summed E-state index contributed by atoms with van der Waals surface area (Å²) in [5.41, 5.74) is 0. The van der Waals surface area contributed by atoms with E-state index in [2.05, 4.69) is 19.2 Å². The SMILES string of the molecule is CCCCCCCCCCCCCCCCCC(=O)OCCCCCCCCCCCCCCCCCCCCCCCCCCCCCCCCCCCCCCCCCC(=O)NC(CO)C(O)CCCCCCCCCCCCCCC. The van der Waals surface area contributed by atoms with Gasteiger partial charge in [-0.25, -0.2) is 0 Å². The second-order valence-electron chi connectivity index (χ2n) is 27.4. The maximum Gasteiger partial charge on any atom is 0.305 e. The normalized spacial score (nSPS) is 12.4. The summed E-state index contributed by atoms with van der Waals surface area (Å²) < 4.78 is 5.51. The summed E-state index contributed by atoms with van der Waals surface area (Å²) in [5, 5.41) is 23.3. The van der Waals surface area contributed by atoms with E-state index in [-0.39, 0.29) is 18.5 Å². The van der Waals surface area contributed by atoms with Crippen LogP contribution in [0.15, 0.2) is 0 Å². The number of carbonyl (C=O) groups is 2. The number of amides is 1. The van der Waals surface area contributed by atoms with Crippen molar-refractivity contribution in [2.45, 2.75) is 475 Å². The molecule has 0 rings (SSSR count). The summed E-state index contributed by atoms with van der Waals surface area (Å²) in [5.74, 6) is 0.00264. The average Bonchev–Trinajstić information content (AvgIpc) is 3.54. The van der Waals surface area contributed by atoms with Crippen LogP contribution in [0.4, 0.5) is 0 Å².